The number of Topliss-reactive ketones (excluding diaryl/α,β-unsaturated/α-hetero) is 1. The molecule has 2 aliphatic carbocycles. The topological polar surface area (TPSA) is 227 Å². The number of anilines is 1. The zero-order valence-electron chi connectivity index (χ0n) is 40.1. The Morgan fingerprint density at radius 2 is 1.33 bits per heavy atom. The summed E-state index contributed by atoms with van der Waals surface area (Å²) in [6.45, 7) is -0.853. The molecule has 0 spiro atoms. The van der Waals surface area contributed by atoms with Crippen LogP contribution in [0.15, 0.2) is 59.0 Å². The van der Waals surface area contributed by atoms with E-state index in [1.165, 1.54) is 42.5 Å². The van der Waals surface area contributed by atoms with Gasteiger partial charge in [0.15, 0.2) is 58.3 Å². The number of thioether (sulfide) groups is 2. The number of terminal acetylenes is 2. The number of benzene rings is 2. The number of nitrogens with two attached hydrogens (primary N) is 3. The lowest BCUT2D eigenvalue weighted by Crippen LogP contribution is -2.41. The van der Waals surface area contributed by atoms with Gasteiger partial charge < -0.3 is 31.8 Å². The summed E-state index contributed by atoms with van der Waals surface area (Å²) in [6.07, 6.45) is 15.1. The van der Waals surface area contributed by atoms with Crippen LogP contribution >= 0.6 is 33.3 Å². The van der Waals surface area contributed by atoms with Crippen molar-refractivity contribution in [3.8, 4) is 36.4 Å². The smallest absolute Gasteiger partial charge is 0.356 e. The monoisotopic (exact) mass is 1050 g/mol. The molecule has 4 aliphatic rings. The normalized spacial score (nSPS) is 24.6. The van der Waals surface area contributed by atoms with Gasteiger partial charge in [-0.1, -0.05) is 42.8 Å². The second kappa shape index (κ2) is 24.1. The molecule has 2 aromatic heterocycles. The van der Waals surface area contributed by atoms with Gasteiger partial charge in [0, 0.05) is 35.1 Å². The van der Waals surface area contributed by atoms with Crippen molar-refractivity contribution in [3.05, 3.63) is 100 Å². The predicted molar refractivity (Wildman–Crippen MR) is 257 cm³/mol. The maximum atomic E-state index is 14.9. The standard InChI is InChI=1S/C22H18F4N4O2S.C13H14F3N3S.C8H6N2O3.CH3F.CH4.H3P/c1-2-3-32-18-9-28-15(8-29-18)16(31)6-12-4-13(19(26)14(25)5-12)22(11-24)17-7-21(17,10-23)33-20(27)30-22;1-12(7-2-6(17)3-8(15)10(7)16)9-4-13(9,5-14)20-11(18)19-12;1-2-3-13-7-5-9-6(4-10-7)8(11)12;1-2;;/h1,4-5,8-9,17H,3,6-7,10-11H2,(H2,27,30);2-3,9H,4-5,17H2,1H3,(H2,18,19);1,4-5H,3H2,(H,11,12);1H3;1H4;1H3/t17-,21-,22-;9-,12+,13+;;;;/m10..../s1/i;;;1D;;1T3. The fourth-order valence-corrected chi connectivity index (χ4v) is 10.4. The van der Waals surface area contributed by atoms with E-state index in [0.717, 1.165) is 30.1 Å². The third-order valence-electron chi connectivity index (χ3n) is 11.1. The molecule has 0 bridgehead atoms. The number of carboxylic acids is 1. The first kappa shape index (κ1) is 51.6. The number of aromatic carboxylic acids is 1. The summed E-state index contributed by atoms with van der Waals surface area (Å²) in [6, 6.07) is 4.30. The molecule has 2 saturated carbocycles. The molecule has 8 rings (SSSR count). The highest BCUT2D eigenvalue weighted by Crippen LogP contribution is 2.67. The van der Waals surface area contributed by atoms with Crippen LogP contribution in [0.3, 0.4) is 0 Å². The number of nitrogen functional groups attached to an aromatic ring is 1. The number of ether oxygens (including phenoxy) is 2. The third-order valence-corrected chi connectivity index (χ3v) is 13.6. The van der Waals surface area contributed by atoms with Crippen LogP contribution in [0.4, 0.5) is 40.8 Å². The molecular weight excluding hydrogens is 994 g/mol. The molecule has 70 heavy (non-hydrogen) atoms. The molecule has 0 saturated heterocycles. The van der Waals surface area contributed by atoms with Crippen LogP contribution in [0.25, 0.3) is 0 Å². The number of fused-ring (bicyclic) bond motifs is 2. The van der Waals surface area contributed by atoms with Gasteiger partial charge in [0.1, 0.15) is 31.3 Å². The van der Waals surface area contributed by atoms with E-state index in [1.807, 2.05) is 0 Å². The molecule has 14 nitrogen and oxygen atoms in total. The summed E-state index contributed by atoms with van der Waals surface area (Å²) in [4.78, 5) is 46.5. The van der Waals surface area contributed by atoms with Crippen molar-refractivity contribution in [1.82, 2.24) is 19.9 Å². The lowest BCUT2D eigenvalue weighted by molar-refractivity contribution is 0.0689. The van der Waals surface area contributed by atoms with E-state index in [0.29, 0.717) is 6.42 Å². The average Bonchev–Trinajstić information content (AvgIpc) is 4.28. The Morgan fingerprint density at radius 3 is 1.83 bits per heavy atom. The van der Waals surface area contributed by atoms with Gasteiger partial charge >= 0.3 is 5.97 Å². The minimum Gasteiger partial charge on any atom is -0.476 e. The molecule has 2 aliphatic heterocycles. The van der Waals surface area contributed by atoms with Gasteiger partial charge in [-0.2, -0.15) is 9.73 Å². The molecule has 2 aromatic carbocycles. The molecule has 4 aromatic rings. The summed E-state index contributed by atoms with van der Waals surface area (Å²) in [5.74, 6) is -2.34. The van der Waals surface area contributed by atoms with Crippen molar-refractivity contribution in [1.29, 1.82) is 3.84 Å². The first-order valence-corrected chi connectivity index (χ1v) is 21.3. The molecule has 376 valence electrons. The number of carbonyl (C=O) groups excluding carboxylic acids is 1. The number of alkyl halides is 4. The molecule has 0 radical (unpaired) electrons. The van der Waals surface area contributed by atoms with Crippen LogP contribution in [0.5, 0.6) is 11.8 Å². The Bertz CT molecular complexity index is 2780. The Balaban J connectivity index is 0.000000298. The maximum absolute atomic E-state index is 14.9. The summed E-state index contributed by atoms with van der Waals surface area (Å²) >= 11 is 2.16. The van der Waals surface area contributed by atoms with Gasteiger partial charge in [-0.3, -0.25) is 14.2 Å². The number of rotatable bonds is 13. The van der Waals surface area contributed by atoms with E-state index in [4.69, 9.17) is 49.8 Å². The van der Waals surface area contributed by atoms with E-state index in [9.17, 15) is 44.7 Å². The second-order valence-corrected chi connectivity index (χ2v) is 18.3. The SMILES string of the molecule is C.C#CCOc1cnc(C(=O)Cc2cc(F)c(F)c([C@@]3(CF)N=C(N)S[C@@]4(CF)C[C@H]43)c2)cn1.C#CCOc1cnc(C(=O)O)cn1.C[C@]1(c2cc(N)cc(F)c2F)N=C(N)S[C@@]2(CF)C[C@H]21.[2H]CF.[3H]P([3H])[3H]. The summed E-state index contributed by atoms with van der Waals surface area (Å²) in [7, 11) is -2.87. The van der Waals surface area contributed by atoms with E-state index < -0.39 is 98.4 Å². The fraction of sp³-hybridized carbons (Fsp3) is 0.378. The van der Waals surface area contributed by atoms with Gasteiger partial charge in [-0.25, -0.2) is 60.5 Å². The van der Waals surface area contributed by atoms with Crippen LogP contribution in [0.1, 0.15) is 66.2 Å². The highest BCUT2D eigenvalue weighted by molar-refractivity contribution is 8.15. The number of amidine groups is 2. The molecule has 6 atom stereocenters. The number of nitrogens with zero attached hydrogens (tertiary/aromatic N) is 6. The highest BCUT2D eigenvalue weighted by Gasteiger charge is 2.69. The van der Waals surface area contributed by atoms with Gasteiger partial charge in [0.25, 0.3) is 0 Å². The van der Waals surface area contributed by atoms with E-state index >= 15 is 0 Å². The highest BCUT2D eigenvalue weighted by atomic mass is 32.2. The molecule has 0 amide bonds. The average molecular weight is 1050 g/mol. The minimum absolute atomic E-state index is 0. The van der Waals surface area contributed by atoms with Crippen LogP contribution in [-0.4, -0.2) is 101 Å². The number of ketones is 1. The predicted octanol–water partition coefficient (Wildman–Crippen LogP) is 7.17. The van der Waals surface area contributed by atoms with Crippen LogP contribution < -0.4 is 26.7 Å². The lowest BCUT2D eigenvalue weighted by atomic mass is 9.83. The van der Waals surface area contributed by atoms with Gasteiger partial charge in [0.2, 0.25) is 11.8 Å². The van der Waals surface area contributed by atoms with Crippen molar-refractivity contribution in [2.75, 3.05) is 46.1 Å². The van der Waals surface area contributed by atoms with Crippen LogP contribution in [-0.2, 0) is 17.5 Å². The molecule has 7 N–H and O–H groups in total. The molecular formula is C45H48F8N9O5PS2. The van der Waals surface area contributed by atoms with Crippen molar-refractivity contribution >= 4 is 61.0 Å². The van der Waals surface area contributed by atoms with E-state index in [-0.39, 0.29) is 95.3 Å². The lowest BCUT2D eigenvalue weighted by Gasteiger charge is -2.34. The molecule has 2 fully saturated rings. The maximum Gasteiger partial charge on any atom is 0.356 e. The van der Waals surface area contributed by atoms with Crippen LogP contribution in [0, 0.1) is 59.8 Å². The van der Waals surface area contributed by atoms with Crippen molar-refractivity contribution in [2.45, 2.75) is 54.2 Å². The number of hydrogen-bond acceptors (Lipinski definition) is 15. The Labute approximate surface area is 414 Å². The number of aromatic nitrogens is 4. The first-order chi connectivity index (χ1) is 34.5. The Hall–Kier alpha value is -6.23. The molecule has 25 heteroatoms. The first-order valence-electron chi connectivity index (χ1n) is 21.7. The second-order valence-electron chi connectivity index (χ2n) is 15.4. The van der Waals surface area contributed by atoms with Crippen LogP contribution in [0.2, 0.25) is 0 Å². The Kier molecular flexibility index (Phi) is 17.7. The largest absolute Gasteiger partial charge is 0.476 e. The van der Waals surface area contributed by atoms with Crippen molar-refractivity contribution in [3.63, 3.8) is 0 Å². The summed E-state index contributed by atoms with van der Waals surface area (Å²) in [5.41, 5.74) is 13.9. The zero-order valence-corrected chi connectivity index (χ0v) is 38.6. The minimum atomic E-state index is -1.87. The van der Waals surface area contributed by atoms with Gasteiger partial charge in [-0.05, 0) is 49.6 Å². The van der Waals surface area contributed by atoms with Gasteiger partial charge in [0.05, 0.1) is 52.2 Å². The number of carboxylic acid groups (broad SMARTS) is 1. The Morgan fingerprint density at radius 1 is 0.829 bits per heavy atom. The number of aliphatic imine (C=N–C) groups is 2. The number of hydrogen-bond donors (Lipinski definition) is 4. The molecule has 0 unspecified atom stereocenters. The zero-order chi connectivity index (χ0) is 54.5. The number of halogens is 8. The third kappa shape index (κ3) is 12.2. The molecule has 4 heterocycles. The van der Waals surface area contributed by atoms with E-state index in [1.54, 1.807) is 6.92 Å². The fourth-order valence-electron chi connectivity index (χ4n) is 7.78. The van der Waals surface area contributed by atoms with E-state index in [2.05, 4.69) is 41.8 Å². The summed E-state index contributed by atoms with van der Waals surface area (Å²) in [5, 5.41) is 8.58. The summed E-state index contributed by atoms with van der Waals surface area (Å²) < 4.78 is 140. The quantitative estimate of drug-likeness (QED) is 0.0343. The van der Waals surface area contributed by atoms with Gasteiger partial charge in [-0.15, -0.1) is 12.8 Å². The van der Waals surface area contributed by atoms with Crippen molar-refractivity contribution in [2.24, 2.45) is 33.3 Å². The number of carbonyl (C=O) groups is 2. The van der Waals surface area contributed by atoms with Crippen molar-refractivity contribution < 1.29 is 60.7 Å².